The molecule has 2 unspecified atom stereocenters. The second-order valence-corrected chi connectivity index (χ2v) is 3.58. The van der Waals surface area contributed by atoms with E-state index in [0.717, 1.165) is 0 Å². The van der Waals surface area contributed by atoms with Crippen LogP contribution in [-0.2, 0) is 4.79 Å². The Morgan fingerprint density at radius 3 is 2.81 bits per heavy atom. The van der Waals surface area contributed by atoms with Gasteiger partial charge in [-0.3, -0.25) is 4.79 Å². The number of carbonyl (C=O) groups is 1. The van der Waals surface area contributed by atoms with Gasteiger partial charge in [-0.2, -0.15) is 4.39 Å². The zero-order valence-corrected chi connectivity index (χ0v) is 8.72. The molecule has 0 saturated carbocycles. The van der Waals surface area contributed by atoms with Crippen LogP contribution >= 0.6 is 0 Å². The van der Waals surface area contributed by atoms with Crippen molar-refractivity contribution in [2.24, 2.45) is 5.73 Å². The van der Waals surface area contributed by atoms with Crippen molar-refractivity contribution < 1.29 is 19.4 Å². The molecule has 0 bridgehead atoms. The Morgan fingerprint density at radius 1 is 1.62 bits per heavy atom. The summed E-state index contributed by atoms with van der Waals surface area (Å²) in [6, 6.07) is 1.36. The molecule has 0 radical (unpaired) electrons. The van der Waals surface area contributed by atoms with Gasteiger partial charge < -0.3 is 15.9 Å². The Bertz CT molecular complexity index is 398. The Hall–Kier alpha value is -1.53. The number of aliphatic hydroxyl groups excluding tert-OH is 2. The van der Waals surface area contributed by atoms with Gasteiger partial charge in [0.15, 0.2) is 0 Å². The van der Waals surface area contributed by atoms with Gasteiger partial charge in [0.2, 0.25) is 11.9 Å². The summed E-state index contributed by atoms with van der Waals surface area (Å²) < 4.78 is 13.2. The molecular formula is C10H13FN2O3. The van der Waals surface area contributed by atoms with E-state index in [9.17, 15) is 19.4 Å². The van der Waals surface area contributed by atoms with E-state index in [4.69, 9.17) is 5.73 Å². The largest absolute Gasteiger partial charge is 0.390 e. The summed E-state index contributed by atoms with van der Waals surface area (Å²) in [6.07, 6.45) is -2.09. The maximum Gasteiger partial charge on any atom is 0.220 e. The Balaban J connectivity index is 2.90. The third-order valence-electron chi connectivity index (χ3n) is 2.10. The lowest BCUT2D eigenvalue weighted by Crippen LogP contribution is -2.26. The lowest BCUT2D eigenvalue weighted by molar-refractivity contribution is -0.121. The van der Waals surface area contributed by atoms with Gasteiger partial charge in [0.1, 0.15) is 6.10 Å². The molecule has 1 aromatic rings. The number of amides is 1. The summed E-state index contributed by atoms with van der Waals surface area (Å²) >= 11 is 0. The summed E-state index contributed by atoms with van der Waals surface area (Å²) in [6.45, 7) is 1.67. The summed E-state index contributed by atoms with van der Waals surface area (Å²) in [4.78, 5) is 13.9. The molecule has 4 N–H and O–H groups in total. The second kappa shape index (κ2) is 5.00. The van der Waals surface area contributed by atoms with Gasteiger partial charge in [-0.1, -0.05) is 0 Å². The molecule has 2 atom stereocenters. The maximum atomic E-state index is 13.2. The molecule has 0 aromatic carbocycles. The number of hydrogen-bond acceptors (Lipinski definition) is 4. The number of halogens is 1. The maximum absolute atomic E-state index is 13.2. The van der Waals surface area contributed by atoms with Crippen LogP contribution in [0.1, 0.15) is 23.7 Å². The zero-order valence-electron chi connectivity index (χ0n) is 8.72. The first-order chi connectivity index (χ1) is 7.41. The highest BCUT2D eigenvalue weighted by Crippen LogP contribution is 2.21. The minimum Gasteiger partial charge on any atom is -0.390 e. The molecule has 1 amide bonds. The van der Waals surface area contributed by atoms with Crippen LogP contribution in [0.15, 0.2) is 12.3 Å². The van der Waals surface area contributed by atoms with Crippen molar-refractivity contribution in [1.29, 1.82) is 0 Å². The molecule has 0 aliphatic carbocycles. The molecule has 0 aliphatic rings. The van der Waals surface area contributed by atoms with Crippen molar-refractivity contribution in [3.63, 3.8) is 0 Å². The van der Waals surface area contributed by atoms with Crippen LogP contribution in [0.5, 0.6) is 0 Å². The van der Waals surface area contributed by atoms with E-state index < -0.39 is 30.5 Å². The SMILES string of the molecule is Cc1cnc(F)c(C(O)C(O)CC(N)=O)c1. The van der Waals surface area contributed by atoms with Gasteiger partial charge in [0.25, 0.3) is 0 Å². The van der Waals surface area contributed by atoms with Gasteiger partial charge in [0.05, 0.1) is 12.5 Å². The highest BCUT2D eigenvalue weighted by atomic mass is 19.1. The average molecular weight is 228 g/mol. The number of aryl methyl sites for hydroxylation is 1. The number of nitrogens with two attached hydrogens (primary N) is 1. The monoisotopic (exact) mass is 228 g/mol. The summed E-state index contributed by atoms with van der Waals surface area (Å²) in [5, 5.41) is 19.0. The number of primary amides is 1. The highest BCUT2D eigenvalue weighted by Gasteiger charge is 2.23. The van der Waals surface area contributed by atoms with Crippen LogP contribution in [0, 0.1) is 12.9 Å². The predicted octanol–water partition coefficient (Wildman–Crippen LogP) is -0.201. The fourth-order valence-electron chi connectivity index (χ4n) is 1.31. The number of hydrogen-bond donors (Lipinski definition) is 3. The molecule has 88 valence electrons. The predicted molar refractivity (Wildman–Crippen MR) is 53.7 cm³/mol. The number of nitrogens with zero attached hydrogens (tertiary/aromatic N) is 1. The molecule has 6 heteroatoms. The fourth-order valence-corrected chi connectivity index (χ4v) is 1.31. The molecule has 5 nitrogen and oxygen atoms in total. The molecule has 0 aliphatic heterocycles. The van der Waals surface area contributed by atoms with Crippen molar-refractivity contribution in [1.82, 2.24) is 4.98 Å². The van der Waals surface area contributed by atoms with Crippen molar-refractivity contribution in [3.8, 4) is 0 Å². The first-order valence-electron chi connectivity index (χ1n) is 4.68. The minimum atomic E-state index is -1.51. The van der Waals surface area contributed by atoms with Crippen LogP contribution < -0.4 is 5.73 Å². The van der Waals surface area contributed by atoms with Crippen LogP contribution in [0.25, 0.3) is 0 Å². The first kappa shape index (κ1) is 12.5. The molecule has 16 heavy (non-hydrogen) atoms. The van der Waals surface area contributed by atoms with E-state index in [0.29, 0.717) is 5.56 Å². The third kappa shape index (κ3) is 2.98. The van der Waals surface area contributed by atoms with Gasteiger partial charge >= 0.3 is 0 Å². The lowest BCUT2D eigenvalue weighted by atomic mass is 10.0. The average Bonchev–Trinajstić information content (AvgIpc) is 2.19. The lowest BCUT2D eigenvalue weighted by Gasteiger charge is -2.17. The summed E-state index contributed by atoms with van der Waals surface area (Å²) in [5.41, 5.74) is 5.35. The molecule has 1 aromatic heterocycles. The van der Waals surface area contributed by atoms with Crippen LogP contribution in [0.2, 0.25) is 0 Å². The Morgan fingerprint density at radius 2 is 2.25 bits per heavy atom. The standard InChI is InChI=1S/C10H13FN2O3/c1-5-2-6(10(11)13-4-5)9(16)7(14)3-8(12)15/h2,4,7,9,14,16H,3H2,1H3,(H2,12,15). The molecule has 0 spiro atoms. The molecule has 0 fully saturated rings. The second-order valence-electron chi connectivity index (χ2n) is 3.58. The molecule has 0 saturated heterocycles. The van der Waals surface area contributed by atoms with Gasteiger partial charge in [-0.15, -0.1) is 0 Å². The molecule has 1 rings (SSSR count). The van der Waals surface area contributed by atoms with Crippen molar-refractivity contribution >= 4 is 5.91 Å². The van der Waals surface area contributed by atoms with Crippen molar-refractivity contribution in [2.45, 2.75) is 25.6 Å². The van der Waals surface area contributed by atoms with Gasteiger partial charge in [0, 0.05) is 11.8 Å². The van der Waals surface area contributed by atoms with Crippen molar-refractivity contribution in [3.05, 3.63) is 29.3 Å². The smallest absolute Gasteiger partial charge is 0.220 e. The summed E-state index contributed by atoms with van der Waals surface area (Å²) in [5.74, 6) is -1.64. The van der Waals surface area contributed by atoms with Crippen LogP contribution in [0.3, 0.4) is 0 Å². The van der Waals surface area contributed by atoms with E-state index in [-0.39, 0.29) is 5.56 Å². The van der Waals surface area contributed by atoms with E-state index >= 15 is 0 Å². The van der Waals surface area contributed by atoms with Crippen LogP contribution in [0.4, 0.5) is 4.39 Å². The quantitative estimate of drug-likeness (QED) is 0.622. The number of rotatable bonds is 4. The number of pyridine rings is 1. The van der Waals surface area contributed by atoms with Crippen LogP contribution in [-0.4, -0.2) is 27.2 Å². The summed E-state index contributed by atoms with van der Waals surface area (Å²) in [7, 11) is 0. The third-order valence-corrected chi connectivity index (χ3v) is 2.10. The Labute approximate surface area is 91.7 Å². The molecule has 1 heterocycles. The van der Waals surface area contributed by atoms with E-state index in [2.05, 4.69) is 4.98 Å². The fraction of sp³-hybridized carbons (Fsp3) is 0.400. The minimum absolute atomic E-state index is 0.145. The van der Waals surface area contributed by atoms with Crippen molar-refractivity contribution in [2.75, 3.05) is 0 Å². The van der Waals surface area contributed by atoms with Gasteiger partial charge in [-0.25, -0.2) is 4.98 Å². The number of carbonyl (C=O) groups excluding carboxylic acids is 1. The first-order valence-corrected chi connectivity index (χ1v) is 4.68. The normalized spacial score (nSPS) is 14.5. The number of aromatic nitrogens is 1. The number of aliphatic hydroxyl groups is 2. The topological polar surface area (TPSA) is 96.4 Å². The van der Waals surface area contributed by atoms with Gasteiger partial charge in [-0.05, 0) is 18.6 Å². The molecular weight excluding hydrogens is 215 g/mol. The van der Waals surface area contributed by atoms with E-state index in [1.165, 1.54) is 12.3 Å². The zero-order chi connectivity index (χ0) is 12.3. The van der Waals surface area contributed by atoms with E-state index in [1.807, 2.05) is 0 Å². The Kier molecular flexibility index (Phi) is 3.92. The van der Waals surface area contributed by atoms with E-state index in [1.54, 1.807) is 6.92 Å². The highest BCUT2D eigenvalue weighted by molar-refractivity contribution is 5.74.